The Bertz CT molecular complexity index is 527. The molecular weight excluding hydrogens is 276 g/mol. The fourth-order valence-corrected chi connectivity index (χ4v) is 3.50. The van der Waals surface area contributed by atoms with Crippen LogP contribution in [0.5, 0.6) is 0 Å². The number of aromatic nitrogens is 3. The van der Waals surface area contributed by atoms with E-state index in [4.69, 9.17) is 0 Å². The van der Waals surface area contributed by atoms with E-state index in [9.17, 15) is 9.59 Å². The number of nitrogens with one attached hydrogen (secondary N) is 1. The Morgan fingerprint density at radius 2 is 1.95 bits per heavy atom. The molecule has 1 saturated heterocycles. The summed E-state index contributed by atoms with van der Waals surface area (Å²) in [4.78, 5) is 25.8. The van der Waals surface area contributed by atoms with Gasteiger partial charge in [-0.2, -0.15) is 0 Å². The van der Waals surface area contributed by atoms with E-state index in [-0.39, 0.29) is 17.6 Å². The number of carbonyl (C=O) groups excluding carboxylic acids is 1. The standard InChI is InChI=1S/C13H20N4O2S/c18-11(16-7-3-1-2-4-8-16)9-20-13-15-14-12(19)17(13)10-5-6-10/h10H,1-9H2,(H,14,19). The van der Waals surface area contributed by atoms with Gasteiger partial charge in [-0.1, -0.05) is 24.6 Å². The van der Waals surface area contributed by atoms with Crippen LogP contribution in [0.1, 0.15) is 44.6 Å². The summed E-state index contributed by atoms with van der Waals surface area (Å²) >= 11 is 1.37. The number of H-pyrrole nitrogens is 1. The maximum atomic E-state index is 12.2. The number of likely N-dealkylation sites (tertiary alicyclic amines) is 1. The van der Waals surface area contributed by atoms with Crippen LogP contribution in [0.2, 0.25) is 0 Å². The first-order valence-corrected chi connectivity index (χ1v) is 8.32. The van der Waals surface area contributed by atoms with Crippen LogP contribution < -0.4 is 5.69 Å². The van der Waals surface area contributed by atoms with Crippen molar-refractivity contribution in [3.63, 3.8) is 0 Å². The first-order valence-electron chi connectivity index (χ1n) is 7.33. The van der Waals surface area contributed by atoms with Crippen LogP contribution in [0.25, 0.3) is 0 Å². The highest BCUT2D eigenvalue weighted by atomic mass is 32.2. The SMILES string of the molecule is O=C(CSc1n[nH]c(=O)n1C1CC1)N1CCCCCC1. The van der Waals surface area contributed by atoms with Gasteiger partial charge >= 0.3 is 5.69 Å². The first-order chi connectivity index (χ1) is 9.75. The molecule has 0 spiro atoms. The van der Waals surface area contributed by atoms with E-state index in [1.165, 1.54) is 24.6 Å². The number of thioether (sulfide) groups is 1. The zero-order chi connectivity index (χ0) is 13.9. The van der Waals surface area contributed by atoms with Crippen molar-refractivity contribution in [2.45, 2.75) is 49.7 Å². The summed E-state index contributed by atoms with van der Waals surface area (Å²) in [5, 5.41) is 7.17. The van der Waals surface area contributed by atoms with Crippen molar-refractivity contribution in [1.29, 1.82) is 0 Å². The predicted molar refractivity (Wildman–Crippen MR) is 76.9 cm³/mol. The lowest BCUT2D eigenvalue weighted by molar-refractivity contribution is -0.128. The molecule has 1 N–H and O–H groups in total. The van der Waals surface area contributed by atoms with Gasteiger partial charge < -0.3 is 4.90 Å². The van der Waals surface area contributed by atoms with Crippen molar-refractivity contribution in [2.24, 2.45) is 0 Å². The van der Waals surface area contributed by atoms with Gasteiger partial charge in [0.25, 0.3) is 0 Å². The third-order valence-electron chi connectivity index (χ3n) is 3.87. The van der Waals surface area contributed by atoms with Crippen LogP contribution in [-0.4, -0.2) is 44.4 Å². The highest BCUT2D eigenvalue weighted by molar-refractivity contribution is 7.99. The van der Waals surface area contributed by atoms with E-state index in [0.717, 1.165) is 38.8 Å². The molecule has 1 aliphatic carbocycles. The molecule has 20 heavy (non-hydrogen) atoms. The summed E-state index contributed by atoms with van der Waals surface area (Å²) in [6.45, 7) is 1.74. The third kappa shape index (κ3) is 3.08. The largest absolute Gasteiger partial charge is 0.344 e. The number of rotatable bonds is 4. The molecule has 6 nitrogen and oxygen atoms in total. The molecule has 1 aromatic heterocycles. The number of hydrogen-bond donors (Lipinski definition) is 1. The fourth-order valence-electron chi connectivity index (χ4n) is 2.58. The third-order valence-corrected chi connectivity index (χ3v) is 4.81. The predicted octanol–water partition coefficient (Wildman–Crippen LogP) is 1.40. The van der Waals surface area contributed by atoms with Gasteiger partial charge in [-0.05, 0) is 25.7 Å². The first kappa shape index (κ1) is 13.7. The molecule has 2 heterocycles. The van der Waals surface area contributed by atoms with Gasteiger partial charge in [-0.3, -0.25) is 9.36 Å². The van der Waals surface area contributed by atoms with Crippen LogP contribution in [-0.2, 0) is 4.79 Å². The molecule has 110 valence electrons. The van der Waals surface area contributed by atoms with Gasteiger partial charge in [0.15, 0.2) is 5.16 Å². The molecule has 7 heteroatoms. The monoisotopic (exact) mass is 296 g/mol. The molecule has 1 amide bonds. The van der Waals surface area contributed by atoms with Gasteiger partial charge in [0.2, 0.25) is 5.91 Å². The molecule has 2 fully saturated rings. The van der Waals surface area contributed by atoms with Crippen molar-refractivity contribution < 1.29 is 4.79 Å². The maximum absolute atomic E-state index is 12.2. The highest BCUT2D eigenvalue weighted by Gasteiger charge is 2.29. The van der Waals surface area contributed by atoms with Gasteiger partial charge in [0.05, 0.1) is 5.75 Å². The minimum Gasteiger partial charge on any atom is -0.342 e. The Labute approximate surface area is 121 Å². The Morgan fingerprint density at radius 1 is 1.25 bits per heavy atom. The maximum Gasteiger partial charge on any atom is 0.344 e. The summed E-state index contributed by atoms with van der Waals surface area (Å²) in [5.41, 5.74) is -0.155. The highest BCUT2D eigenvalue weighted by Crippen LogP contribution is 2.36. The van der Waals surface area contributed by atoms with E-state index in [2.05, 4.69) is 10.2 Å². The molecule has 0 unspecified atom stereocenters. The van der Waals surface area contributed by atoms with Crippen molar-refractivity contribution in [1.82, 2.24) is 19.7 Å². The van der Waals surface area contributed by atoms with E-state index in [1.807, 2.05) is 4.90 Å². The van der Waals surface area contributed by atoms with Gasteiger partial charge in [0, 0.05) is 19.1 Å². The molecule has 0 radical (unpaired) electrons. The molecule has 0 atom stereocenters. The zero-order valence-electron chi connectivity index (χ0n) is 11.5. The summed E-state index contributed by atoms with van der Waals surface area (Å²) < 4.78 is 1.69. The topological polar surface area (TPSA) is 71.0 Å². The number of nitrogens with zero attached hydrogens (tertiary/aromatic N) is 3. The quantitative estimate of drug-likeness (QED) is 0.853. The van der Waals surface area contributed by atoms with Crippen molar-refractivity contribution >= 4 is 17.7 Å². The average Bonchev–Trinajstić information content (AvgIpc) is 3.24. The Balaban J connectivity index is 1.58. The molecule has 0 bridgehead atoms. The second kappa shape index (κ2) is 6.03. The molecular formula is C13H20N4O2S. The lowest BCUT2D eigenvalue weighted by Gasteiger charge is -2.19. The number of carbonyl (C=O) groups is 1. The van der Waals surface area contributed by atoms with E-state index in [1.54, 1.807) is 4.57 Å². The second-order valence-electron chi connectivity index (χ2n) is 5.50. The zero-order valence-corrected chi connectivity index (χ0v) is 12.3. The molecule has 1 aromatic rings. The van der Waals surface area contributed by atoms with E-state index < -0.39 is 0 Å². The number of amides is 1. The van der Waals surface area contributed by atoms with Crippen molar-refractivity contribution in [3.8, 4) is 0 Å². The smallest absolute Gasteiger partial charge is 0.342 e. The lowest BCUT2D eigenvalue weighted by atomic mass is 10.2. The van der Waals surface area contributed by atoms with E-state index in [0.29, 0.717) is 10.9 Å². The van der Waals surface area contributed by atoms with Crippen LogP contribution in [0.4, 0.5) is 0 Å². The van der Waals surface area contributed by atoms with E-state index >= 15 is 0 Å². The molecule has 2 aliphatic rings. The molecule has 3 rings (SSSR count). The molecule has 0 aromatic carbocycles. The van der Waals surface area contributed by atoms with Crippen molar-refractivity contribution in [2.75, 3.05) is 18.8 Å². The van der Waals surface area contributed by atoms with Crippen molar-refractivity contribution in [3.05, 3.63) is 10.5 Å². The normalized spacial score (nSPS) is 19.9. The van der Waals surface area contributed by atoms with Crippen LogP contribution in [0, 0.1) is 0 Å². The van der Waals surface area contributed by atoms with Crippen LogP contribution >= 0.6 is 11.8 Å². The van der Waals surface area contributed by atoms with Gasteiger partial charge in [-0.15, -0.1) is 5.10 Å². The Kier molecular flexibility index (Phi) is 4.14. The summed E-state index contributed by atoms with van der Waals surface area (Å²) in [6.07, 6.45) is 6.71. The van der Waals surface area contributed by atoms with Crippen LogP contribution in [0.15, 0.2) is 9.95 Å². The number of aromatic amines is 1. The van der Waals surface area contributed by atoms with Crippen LogP contribution in [0.3, 0.4) is 0 Å². The minimum absolute atomic E-state index is 0.155. The average molecular weight is 296 g/mol. The second-order valence-corrected chi connectivity index (χ2v) is 6.44. The van der Waals surface area contributed by atoms with Gasteiger partial charge in [0.1, 0.15) is 0 Å². The lowest BCUT2D eigenvalue weighted by Crippen LogP contribution is -2.33. The summed E-state index contributed by atoms with van der Waals surface area (Å²) in [6, 6.07) is 0.289. The van der Waals surface area contributed by atoms with Gasteiger partial charge in [-0.25, -0.2) is 9.89 Å². The number of hydrogen-bond acceptors (Lipinski definition) is 4. The summed E-state index contributed by atoms with van der Waals surface area (Å²) in [5.74, 6) is 0.534. The fraction of sp³-hybridized carbons (Fsp3) is 0.769. The minimum atomic E-state index is -0.155. The molecule has 1 saturated carbocycles. The Hall–Kier alpha value is -1.24. The molecule has 1 aliphatic heterocycles. The summed E-state index contributed by atoms with van der Waals surface area (Å²) in [7, 11) is 0. The Morgan fingerprint density at radius 3 is 2.60 bits per heavy atom.